The lowest BCUT2D eigenvalue weighted by atomic mass is 10.1. The van der Waals surface area contributed by atoms with Gasteiger partial charge in [-0.05, 0) is 24.6 Å². The second-order valence-electron chi connectivity index (χ2n) is 3.99. The van der Waals surface area contributed by atoms with E-state index in [1.54, 1.807) is 4.90 Å². The first-order valence-corrected chi connectivity index (χ1v) is 5.19. The van der Waals surface area contributed by atoms with Crippen LogP contribution < -0.4 is 5.73 Å². The van der Waals surface area contributed by atoms with Crippen LogP contribution in [0.2, 0.25) is 0 Å². The van der Waals surface area contributed by atoms with Gasteiger partial charge in [0.05, 0.1) is 6.42 Å². The Balaban J connectivity index is 2.40. The van der Waals surface area contributed by atoms with Crippen LogP contribution in [-0.2, 0) is 11.2 Å². The van der Waals surface area contributed by atoms with Gasteiger partial charge in [-0.25, -0.2) is 0 Å². The van der Waals surface area contributed by atoms with Crippen LogP contribution in [0.25, 0.3) is 0 Å². The zero-order chi connectivity index (χ0) is 11.3. The summed E-state index contributed by atoms with van der Waals surface area (Å²) in [6.07, 6.45) is 2.26. The normalized spacial score (nSPS) is 12.5. The largest absolute Gasteiger partial charge is 0.365 e. The average molecular weight is 209 g/mol. The summed E-state index contributed by atoms with van der Waals surface area (Å²) in [6.45, 7) is 3.37. The maximum atomic E-state index is 11.7. The van der Waals surface area contributed by atoms with E-state index in [0.717, 1.165) is 12.2 Å². The van der Waals surface area contributed by atoms with Gasteiger partial charge in [0, 0.05) is 25.5 Å². The number of hydrogen-bond acceptors (Lipinski definition) is 2. The van der Waals surface area contributed by atoms with Gasteiger partial charge >= 0.3 is 0 Å². The fraction of sp³-hybridized carbons (Fsp3) is 0.545. The third kappa shape index (κ3) is 3.75. The molecule has 0 saturated carbocycles. The molecule has 1 unspecified atom stereocenters. The molecular formula is C11H19N3O. The summed E-state index contributed by atoms with van der Waals surface area (Å²) in [4.78, 5) is 16.5. The molecule has 0 bridgehead atoms. The molecule has 0 aliphatic heterocycles. The number of hydrogen-bond donors (Lipinski definition) is 2. The molecule has 0 saturated heterocycles. The van der Waals surface area contributed by atoms with E-state index in [1.807, 2.05) is 32.3 Å². The number of amides is 1. The molecule has 1 aromatic rings. The molecule has 1 rings (SSSR count). The second-order valence-corrected chi connectivity index (χ2v) is 3.99. The lowest BCUT2D eigenvalue weighted by Crippen LogP contribution is -2.34. The number of aromatic nitrogens is 1. The molecule has 0 aromatic carbocycles. The van der Waals surface area contributed by atoms with Crippen molar-refractivity contribution in [1.82, 2.24) is 9.88 Å². The van der Waals surface area contributed by atoms with Crippen molar-refractivity contribution in [2.45, 2.75) is 13.3 Å². The highest BCUT2D eigenvalue weighted by atomic mass is 16.2. The third-order valence-corrected chi connectivity index (χ3v) is 2.42. The van der Waals surface area contributed by atoms with Crippen LogP contribution in [0.15, 0.2) is 18.3 Å². The highest BCUT2D eigenvalue weighted by molar-refractivity contribution is 5.78. The summed E-state index contributed by atoms with van der Waals surface area (Å²) >= 11 is 0. The fourth-order valence-electron chi connectivity index (χ4n) is 1.42. The highest BCUT2D eigenvalue weighted by Gasteiger charge is 2.12. The van der Waals surface area contributed by atoms with E-state index in [9.17, 15) is 4.79 Å². The van der Waals surface area contributed by atoms with Gasteiger partial charge in [0.15, 0.2) is 0 Å². The van der Waals surface area contributed by atoms with Gasteiger partial charge < -0.3 is 15.6 Å². The van der Waals surface area contributed by atoms with Gasteiger partial charge in [0.1, 0.15) is 0 Å². The summed E-state index contributed by atoms with van der Waals surface area (Å²) in [5.41, 5.74) is 6.46. The van der Waals surface area contributed by atoms with E-state index in [-0.39, 0.29) is 5.91 Å². The average Bonchev–Trinajstić information content (AvgIpc) is 2.70. The van der Waals surface area contributed by atoms with Crippen LogP contribution >= 0.6 is 0 Å². The molecule has 4 heteroatoms. The summed E-state index contributed by atoms with van der Waals surface area (Å²) in [7, 11) is 1.82. The van der Waals surface area contributed by atoms with Gasteiger partial charge in [0.2, 0.25) is 5.91 Å². The van der Waals surface area contributed by atoms with Crippen molar-refractivity contribution in [1.29, 1.82) is 0 Å². The van der Waals surface area contributed by atoms with Crippen molar-refractivity contribution in [2.24, 2.45) is 11.7 Å². The van der Waals surface area contributed by atoms with Gasteiger partial charge in [-0.3, -0.25) is 4.79 Å². The molecule has 0 aliphatic carbocycles. The second kappa shape index (κ2) is 5.56. The number of likely N-dealkylation sites (N-methyl/N-ethyl adjacent to an activating group) is 1. The molecule has 0 fully saturated rings. The number of H-pyrrole nitrogens is 1. The SMILES string of the molecule is CC(CN)CN(C)C(=O)Cc1ccc[nH]1. The first-order chi connectivity index (χ1) is 7.13. The molecule has 15 heavy (non-hydrogen) atoms. The number of nitrogens with two attached hydrogens (primary N) is 1. The molecule has 0 radical (unpaired) electrons. The summed E-state index contributed by atoms with van der Waals surface area (Å²) < 4.78 is 0. The summed E-state index contributed by atoms with van der Waals surface area (Å²) in [5.74, 6) is 0.473. The molecule has 3 N–H and O–H groups in total. The van der Waals surface area contributed by atoms with E-state index < -0.39 is 0 Å². The van der Waals surface area contributed by atoms with Crippen LogP contribution in [0, 0.1) is 5.92 Å². The van der Waals surface area contributed by atoms with Gasteiger partial charge in [-0.2, -0.15) is 0 Å². The molecule has 1 heterocycles. The molecule has 1 aromatic heterocycles. The number of rotatable bonds is 5. The lowest BCUT2D eigenvalue weighted by Gasteiger charge is -2.20. The van der Waals surface area contributed by atoms with E-state index in [2.05, 4.69) is 4.98 Å². The van der Waals surface area contributed by atoms with Crippen LogP contribution in [0.1, 0.15) is 12.6 Å². The number of carbonyl (C=O) groups is 1. The predicted octanol–water partition coefficient (Wildman–Crippen LogP) is 0.610. The first-order valence-electron chi connectivity index (χ1n) is 5.19. The number of carbonyl (C=O) groups excluding carboxylic acids is 1. The molecule has 0 spiro atoms. The van der Waals surface area contributed by atoms with Crippen molar-refractivity contribution in [3.63, 3.8) is 0 Å². The van der Waals surface area contributed by atoms with Gasteiger partial charge in [-0.1, -0.05) is 6.92 Å². The van der Waals surface area contributed by atoms with E-state index >= 15 is 0 Å². The van der Waals surface area contributed by atoms with Crippen LogP contribution in [0.5, 0.6) is 0 Å². The smallest absolute Gasteiger partial charge is 0.228 e. The van der Waals surface area contributed by atoms with E-state index in [0.29, 0.717) is 18.9 Å². The minimum atomic E-state index is 0.123. The zero-order valence-electron chi connectivity index (χ0n) is 9.36. The number of nitrogens with one attached hydrogen (secondary N) is 1. The van der Waals surface area contributed by atoms with E-state index in [1.165, 1.54) is 0 Å². The minimum absolute atomic E-state index is 0.123. The predicted molar refractivity (Wildman–Crippen MR) is 60.4 cm³/mol. The molecule has 1 atom stereocenters. The Morgan fingerprint density at radius 2 is 2.40 bits per heavy atom. The third-order valence-electron chi connectivity index (χ3n) is 2.42. The van der Waals surface area contributed by atoms with Crippen molar-refractivity contribution < 1.29 is 4.79 Å². The monoisotopic (exact) mass is 209 g/mol. The summed E-state index contributed by atoms with van der Waals surface area (Å²) in [6, 6.07) is 3.81. The van der Waals surface area contributed by atoms with Crippen LogP contribution in [0.3, 0.4) is 0 Å². The quantitative estimate of drug-likeness (QED) is 0.746. The number of nitrogens with zero attached hydrogens (tertiary/aromatic N) is 1. The Morgan fingerprint density at radius 3 is 2.93 bits per heavy atom. The maximum Gasteiger partial charge on any atom is 0.228 e. The lowest BCUT2D eigenvalue weighted by molar-refractivity contribution is -0.129. The molecule has 4 nitrogen and oxygen atoms in total. The summed E-state index contributed by atoms with van der Waals surface area (Å²) in [5, 5.41) is 0. The molecule has 84 valence electrons. The Bertz CT molecular complexity index is 295. The molecule has 0 aliphatic rings. The topological polar surface area (TPSA) is 62.1 Å². The molecule has 1 amide bonds. The Kier molecular flexibility index (Phi) is 4.37. The highest BCUT2D eigenvalue weighted by Crippen LogP contribution is 2.01. The van der Waals surface area contributed by atoms with Crippen molar-refractivity contribution in [2.75, 3.05) is 20.1 Å². The minimum Gasteiger partial charge on any atom is -0.365 e. The number of aromatic amines is 1. The van der Waals surface area contributed by atoms with Crippen LogP contribution in [0.4, 0.5) is 0 Å². The van der Waals surface area contributed by atoms with Gasteiger partial charge in [-0.15, -0.1) is 0 Å². The first kappa shape index (κ1) is 11.8. The maximum absolute atomic E-state index is 11.7. The van der Waals surface area contributed by atoms with Crippen molar-refractivity contribution in [3.05, 3.63) is 24.0 Å². The van der Waals surface area contributed by atoms with Crippen molar-refractivity contribution >= 4 is 5.91 Å². The fourth-order valence-corrected chi connectivity index (χ4v) is 1.42. The molecular weight excluding hydrogens is 190 g/mol. The Hall–Kier alpha value is -1.29. The Labute approximate surface area is 90.5 Å². The zero-order valence-corrected chi connectivity index (χ0v) is 9.36. The van der Waals surface area contributed by atoms with E-state index in [4.69, 9.17) is 5.73 Å². The van der Waals surface area contributed by atoms with Crippen LogP contribution in [-0.4, -0.2) is 35.9 Å². The Morgan fingerprint density at radius 1 is 1.67 bits per heavy atom. The van der Waals surface area contributed by atoms with Crippen molar-refractivity contribution in [3.8, 4) is 0 Å². The standard InChI is InChI=1S/C11H19N3O/c1-9(7-12)8-14(2)11(15)6-10-4-3-5-13-10/h3-5,9,13H,6-8,12H2,1-2H3. The van der Waals surface area contributed by atoms with Gasteiger partial charge in [0.25, 0.3) is 0 Å².